The van der Waals surface area contributed by atoms with E-state index in [0.29, 0.717) is 13.2 Å². The van der Waals surface area contributed by atoms with E-state index in [0.717, 1.165) is 19.5 Å². The van der Waals surface area contributed by atoms with Gasteiger partial charge in [0.15, 0.2) is 0 Å². The van der Waals surface area contributed by atoms with Gasteiger partial charge in [-0.3, -0.25) is 4.79 Å². The zero-order valence-corrected chi connectivity index (χ0v) is 9.01. The molecule has 14 heavy (non-hydrogen) atoms. The fourth-order valence-electron chi connectivity index (χ4n) is 1.66. The monoisotopic (exact) mass is 200 g/mol. The summed E-state index contributed by atoms with van der Waals surface area (Å²) in [7, 11) is 0. The van der Waals surface area contributed by atoms with Crippen molar-refractivity contribution in [1.82, 2.24) is 10.6 Å². The van der Waals surface area contributed by atoms with Crippen LogP contribution in [0.1, 0.15) is 20.3 Å². The van der Waals surface area contributed by atoms with Crippen LogP contribution in [0, 0.1) is 5.92 Å². The first-order valence-corrected chi connectivity index (χ1v) is 5.35. The summed E-state index contributed by atoms with van der Waals surface area (Å²) in [6.07, 6.45) is 0.933. The zero-order chi connectivity index (χ0) is 10.4. The highest BCUT2D eigenvalue weighted by Gasteiger charge is 2.30. The van der Waals surface area contributed by atoms with Crippen molar-refractivity contribution >= 4 is 5.91 Å². The Kier molecular flexibility index (Phi) is 4.90. The normalized spacial score (nSPS) is 26.4. The average Bonchev–Trinajstić information content (AvgIpc) is 2.59. The van der Waals surface area contributed by atoms with Crippen LogP contribution in [0.5, 0.6) is 0 Å². The van der Waals surface area contributed by atoms with Crippen LogP contribution in [0.2, 0.25) is 0 Å². The predicted octanol–water partition coefficient (Wildman–Crippen LogP) is 0.137. The number of carbonyl (C=O) groups is 1. The first-order chi connectivity index (χ1) is 6.75. The molecule has 1 fully saturated rings. The topological polar surface area (TPSA) is 50.4 Å². The highest BCUT2D eigenvalue weighted by Crippen LogP contribution is 2.19. The lowest BCUT2D eigenvalue weighted by Crippen LogP contribution is -2.38. The van der Waals surface area contributed by atoms with E-state index in [9.17, 15) is 4.79 Å². The van der Waals surface area contributed by atoms with Crippen molar-refractivity contribution in [2.45, 2.75) is 26.4 Å². The second kappa shape index (κ2) is 5.98. The highest BCUT2D eigenvalue weighted by molar-refractivity contribution is 5.79. The molecule has 2 atom stereocenters. The molecule has 0 aliphatic carbocycles. The van der Waals surface area contributed by atoms with Crippen LogP contribution in [0.3, 0.4) is 0 Å². The molecule has 0 spiro atoms. The van der Waals surface area contributed by atoms with Gasteiger partial charge in [0.25, 0.3) is 0 Å². The summed E-state index contributed by atoms with van der Waals surface area (Å²) in [6.45, 7) is 7.21. The van der Waals surface area contributed by atoms with Crippen molar-refractivity contribution in [3.8, 4) is 0 Å². The Balaban J connectivity index is 2.14. The molecule has 2 N–H and O–H groups in total. The lowest BCUT2D eigenvalue weighted by molar-refractivity contribution is -0.126. The Hall–Kier alpha value is -0.610. The SMILES string of the molecule is CCNCCNC(=O)C1CCOC1C. The van der Waals surface area contributed by atoms with Gasteiger partial charge in [0.1, 0.15) is 0 Å². The minimum Gasteiger partial charge on any atom is -0.378 e. The minimum atomic E-state index is 0.0524. The lowest BCUT2D eigenvalue weighted by atomic mass is 10.0. The molecule has 1 aliphatic heterocycles. The molecule has 82 valence electrons. The molecular weight excluding hydrogens is 180 g/mol. The Labute approximate surface area is 85.4 Å². The third kappa shape index (κ3) is 3.27. The summed E-state index contributed by atoms with van der Waals surface area (Å²) in [5.41, 5.74) is 0. The molecule has 1 amide bonds. The highest BCUT2D eigenvalue weighted by atomic mass is 16.5. The van der Waals surface area contributed by atoms with Gasteiger partial charge < -0.3 is 15.4 Å². The minimum absolute atomic E-state index is 0.0524. The maximum Gasteiger partial charge on any atom is 0.225 e. The maximum atomic E-state index is 11.6. The van der Waals surface area contributed by atoms with E-state index in [1.54, 1.807) is 0 Å². The predicted molar refractivity (Wildman–Crippen MR) is 55.1 cm³/mol. The summed E-state index contributed by atoms with van der Waals surface area (Å²) in [4.78, 5) is 11.6. The first kappa shape index (κ1) is 11.5. The molecule has 1 rings (SSSR count). The molecule has 0 bridgehead atoms. The maximum absolute atomic E-state index is 11.6. The summed E-state index contributed by atoms with van der Waals surface area (Å²) in [6, 6.07) is 0. The van der Waals surface area contributed by atoms with Crippen LogP contribution in [0.15, 0.2) is 0 Å². The van der Waals surface area contributed by atoms with E-state index in [1.165, 1.54) is 0 Å². The van der Waals surface area contributed by atoms with Crippen molar-refractivity contribution in [1.29, 1.82) is 0 Å². The van der Waals surface area contributed by atoms with E-state index in [4.69, 9.17) is 4.74 Å². The second-order valence-corrected chi connectivity index (χ2v) is 3.62. The molecule has 0 aromatic rings. The average molecular weight is 200 g/mol. The van der Waals surface area contributed by atoms with Gasteiger partial charge in [-0.15, -0.1) is 0 Å². The van der Waals surface area contributed by atoms with Crippen LogP contribution in [-0.2, 0) is 9.53 Å². The molecule has 1 heterocycles. The molecule has 0 aromatic heterocycles. The first-order valence-electron chi connectivity index (χ1n) is 5.35. The van der Waals surface area contributed by atoms with Gasteiger partial charge in [-0.1, -0.05) is 6.92 Å². The second-order valence-electron chi connectivity index (χ2n) is 3.62. The molecule has 4 nitrogen and oxygen atoms in total. The van der Waals surface area contributed by atoms with Gasteiger partial charge in [-0.25, -0.2) is 0 Å². The van der Waals surface area contributed by atoms with E-state index >= 15 is 0 Å². The van der Waals surface area contributed by atoms with E-state index in [-0.39, 0.29) is 17.9 Å². The largest absolute Gasteiger partial charge is 0.378 e. The standard InChI is InChI=1S/C10H20N2O2/c1-3-11-5-6-12-10(13)9-4-7-14-8(9)2/h8-9,11H,3-7H2,1-2H3,(H,12,13). The van der Waals surface area contributed by atoms with E-state index in [1.807, 2.05) is 6.92 Å². The molecule has 1 aliphatic rings. The molecule has 0 saturated carbocycles. The molecule has 1 saturated heterocycles. The molecule has 2 unspecified atom stereocenters. The Morgan fingerprint density at radius 2 is 2.29 bits per heavy atom. The quantitative estimate of drug-likeness (QED) is 0.621. The Bertz CT molecular complexity index is 185. The number of hydrogen-bond acceptors (Lipinski definition) is 3. The Morgan fingerprint density at radius 1 is 1.50 bits per heavy atom. The summed E-state index contributed by atoms with van der Waals surface area (Å²) in [5.74, 6) is 0.185. The number of nitrogens with one attached hydrogen (secondary N) is 2. The van der Waals surface area contributed by atoms with Crippen molar-refractivity contribution in [3.63, 3.8) is 0 Å². The number of carbonyl (C=O) groups excluding carboxylic acids is 1. The summed E-state index contributed by atoms with van der Waals surface area (Å²) in [5, 5.41) is 6.07. The summed E-state index contributed by atoms with van der Waals surface area (Å²) < 4.78 is 5.34. The molecular formula is C10H20N2O2. The van der Waals surface area contributed by atoms with Gasteiger partial charge in [0.2, 0.25) is 5.91 Å². The van der Waals surface area contributed by atoms with Crippen molar-refractivity contribution < 1.29 is 9.53 Å². The third-order valence-electron chi connectivity index (χ3n) is 2.56. The summed E-state index contributed by atoms with van der Waals surface area (Å²) >= 11 is 0. The van der Waals surface area contributed by atoms with Crippen molar-refractivity contribution in [2.24, 2.45) is 5.92 Å². The number of amides is 1. The number of likely N-dealkylation sites (N-methyl/N-ethyl adjacent to an activating group) is 1. The third-order valence-corrected chi connectivity index (χ3v) is 2.56. The fraction of sp³-hybridized carbons (Fsp3) is 0.900. The van der Waals surface area contributed by atoms with E-state index in [2.05, 4.69) is 17.6 Å². The number of ether oxygens (including phenoxy) is 1. The Morgan fingerprint density at radius 3 is 2.86 bits per heavy atom. The van der Waals surface area contributed by atoms with Crippen molar-refractivity contribution in [2.75, 3.05) is 26.2 Å². The van der Waals surface area contributed by atoms with Crippen LogP contribution in [0.4, 0.5) is 0 Å². The zero-order valence-electron chi connectivity index (χ0n) is 9.01. The van der Waals surface area contributed by atoms with Crippen LogP contribution in [-0.4, -0.2) is 38.3 Å². The van der Waals surface area contributed by atoms with Crippen LogP contribution < -0.4 is 10.6 Å². The molecule has 4 heteroatoms. The number of rotatable bonds is 5. The van der Waals surface area contributed by atoms with Crippen LogP contribution >= 0.6 is 0 Å². The molecule has 0 radical (unpaired) electrons. The van der Waals surface area contributed by atoms with Gasteiger partial charge in [0, 0.05) is 19.7 Å². The van der Waals surface area contributed by atoms with Crippen LogP contribution in [0.25, 0.3) is 0 Å². The van der Waals surface area contributed by atoms with Gasteiger partial charge in [0.05, 0.1) is 12.0 Å². The lowest BCUT2D eigenvalue weighted by Gasteiger charge is -2.13. The smallest absolute Gasteiger partial charge is 0.225 e. The fourth-order valence-corrected chi connectivity index (χ4v) is 1.66. The van der Waals surface area contributed by atoms with E-state index < -0.39 is 0 Å². The molecule has 0 aromatic carbocycles. The van der Waals surface area contributed by atoms with Gasteiger partial charge in [-0.05, 0) is 19.9 Å². The van der Waals surface area contributed by atoms with Gasteiger partial charge in [-0.2, -0.15) is 0 Å². The number of hydrogen-bond donors (Lipinski definition) is 2. The van der Waals surface area contributed by atoms with Gasteiger partial charge >= 0.3 is 0 Å². The van der Waals surface area contributed by atoms with Crippen molar-refractivity contribution in [3.05, 3.63) is 0 Å².